The molecule has 0 heterocycles. The molecule has 1 aromatic carbocycles. The van der Waals surface area contributed by atoms with Gasteiger partial charge >= 0.3 is 0 Å². The second-order valence-electron chi connectivity index (χ2n) is 6.03. The Kier molecular flexibility index (Phi) is 4.40. The molecule has 0 unspecified atom stereocenters. The van der Waals surface area contributed by atoms with Gasteiger partial charge in [0.15, 0.2) is 0 Å². The molecular weight excluding hydrogens is 282 g/mol. The van der Waals surface area contributed by atoms with Crippen molar-refractivity contribution in [1.82, 2.24) is 4.31 Å². The lowest BCUT2D eigenvalue weighted by Crippen LogP contribution is -2.33. The highest BCUT2D eigenvalue weighted by Crippen LogP contribution is 2.53. The first-order valence-corrected chi connectivity index (χ1v) is 8.59. The normalized spacial score (nSPS) is 24.8. The minimum Gasteiger partial charge on any atom is -0.207 e. The molecule has 1 aromatic rings. The van der Waals surface area contributed by atoms with Crippen LogP contribution in [0.5, 0.6) is 0 Å². The second kappa shape index (κ2) is 5.78. The van der Waals surface area contributed by atoms with Crippen LogP contribution in [0.25, 0.3) is 0 Å². The van der Waals surface area contributed by atoms with Crippen LogP contribution in [0.3, 0.4) is 0 Å². The number of sulfonamides is 1. The average molecular weight is 305 g/mol. The van der Waals surface area contributed by atoms with Gasteiger partial charge in [-0.1, -0.05) is 36.8 Å². The van der Waals surface area contributed by atoms with E-state index in [-0.39, 0.29) is 5.41 Å². The summed E-state index contributed by atoms with van der Waals surface area (Å²) in [5, 5.41) is 0. The number of rotatable bonds is 7. The van der Waals surface area contributed by atoms with Gasteiger partial charge in [-0.15, -0.1) is 13.2 Å². The molecule has 4 heteroatoms. The maximum Gasteiger partial charge on any atom is 0.243 e. The van der Waals surface area contributed by atoms with Crippen molar-refractivity contribution in [3.05, 3.63) is 55.1 Å². The smallest absolute Gasteiger partial charge is 0.207 e. The van der Waals surface area contributed by atoms with Crippen LogP contribution in [-0.4, -0.2) is 25.8 Å². The number of hydrogen-bond acceptors (Lipinski definition) is 2. The molecule has 2 rings (SSSR count). The second-order valence-corrected chi connectivity index (χ2v) is 7.97. The van der Waals surface area contributed by atoms with Crippen molar-refractivity contribution in [3.8, 4) is 0 Å². The van der Waals surface area contributed by atoms with Gasteiger partial charge in [0.1, 0.15) is 0 Å². The zero-order valence-corrected chi connectivity index (χ0v) is 13.6. The Hall–Kier alpha value is -1.39. The van der Waals surface area contributed by atoms with E-state index in [9.17, 15) is 8.42 Å². The number of aryl methyl sites for hydroxylation is 1. The highest BCUT2D eigenvalue weighted by molar-refractivity contribution is 7.89. The number of nitrogens with zero attached hydrogens (tertiary/aromatic N) is 1. The predicted molar refractivity (Wildman–Crippen MR) is 86.5 cm³/mol. The van der Waals surface area contributed by atoms with Crippen LogP contribution in [0.2, 0.25) is 0 Å². The lowest BCUT2D eigenvalue weighted by Gasteiger charge is -2.21. The van der Waals surface area contributed by atoms with E-state index in [1.165, 1.54) is 4.31 Å². The van der Waals surface area contributed by atoms with Gasteiger partial charge in [0, 0.05) is 13.1 Å². The summed E-state index contributed by atoms with van der Waals surface area (Å²) in [5.41, 5.74) is 1.12. The molecule has 0 amide bonds. The van der Waals surface area contributed by atoms with E-state index in [1.54, 1.807) is 18.2 Å². The SMILES string of the molecule is C=CCN(C[C@H]1C[C@]1(C)C=C)S(=O)(=O)c1ccc(C)cc1. The van der Waals surface area contributed by atoms with E-state index in [0.29, 0.717) is 23.9 Å². The van der Waals surface area contributed by atoms with Gasteiger partial charge in [-0.3, -0.25) is 0 Å². The van der Waals surface area contributed by atoms with Gasteiger partial charge in [-0.05, 0) is 36.8 Å². The Bertz CT molecular complexity index is 633. The molecule has 0 aromatic heterocycles. The van der Waals surface area contributed by atoms with Crippen LogP contribution in [0.1, 0.15) is 18.9 Å². The molecule has 3 nitrogen and oxygen atoms in total. The van der Waals surface area contributed by atoms with E-state index in [0.717, 1.165) is 12.0 Å². The number of allylic oxidation sites excluding steroid dienone is 1. The quantitative estimate of drug-likeness (QED) is 0.724. The Labute approximate surface area is 128 Å². The monoisotopic (exact) mass is 305 g/mol. The van der Waals surface area contributed by atoms with Crippen LogP contribution in [0.15, 0.2) is 54.5 Å². The molecule has 1 aliphatic rings. The standard InChI is InChI=1S/C17H23NO2S/c1-5-11-18(13-15-12-17(15,4)6-2)21(19,20)16-9-7-14(3)8-10-16/h5-10,15H,1-2,11-13H2,3-4H3/t15-,17+/m1/s1. The van der Waals surface area contributed by atoms with Gasteiger partial charge in [0.05, 0.1) is 4.90 Å². The van der Waals surface area contributed by atoms with E-state index in [1.807, 2.05) is 25.1 Å². The molecule has 0 saturated heterocycles. The first-order chi connectivity index (χ1) is 9.83. The molecule has 1 saturated carbocycles. The highest BCUT2D eigenvalue weighted by Gasteiger charge is 2.49. The van der Waals surface area contributed by atoms with Crippen molar-refractivity contribution in [3.63, 3.8) is 0 Å². The van der Waals surface area contributed by atoms with Crippen molar-refractivity contribution in [2.75, 3.05) is 13.1 Å². The largest absolute Gasteiger partial charge is 0.243 e. The Morgan fingerprint density at radius 1 is 1.33 bits per heavy atom. The molecule has 0 aliphatic heterocycles. The summed E-state index contributed by atoms with van der Waals surface area (Å²) in [7, 11) is -3.47. The van der Waals surface area contributed by atoms with Gasteiger partial charge < -0.3 is 0 Å². The van der Waals surface area contributed by atoms with Gasteiger partial charge in [-0.25, -0.2) is 8.42 Å². The maximum absolute atomic E-state index is 12.7. The Balaban J connectivity index is 2.22. The third kappa shape index (κ3) is 3.27. The van der Waals surface area contributed by atoms with Crippen LogP contribution in [-0.2, 0) is 10.0 Å². The van der Waals surface area contributed by atoms with E-state index < -0.39 is 10.0 Å². The first-order valence-electron chi connectivity index (χ1n) is 7.15. The van der Waals surface area contributed by atoms with E-state index >= 15 is 0 Å². The zero-order chi connectivity index (χ0) is 15.7. The van der Waals surface area contributed by atoms with Crippen molar-refractivity contribution >= 4 is 10.0 Å². The van der Waals surface area contributed by atoms with Crippen molar-refractivity contribution in [1.29, 1.82) is 0 Å². The van der Waals surface area contributed by atoms with Gasteiger partial charge in [0.2, 0.25) is 10.0 Å². The third-order valence-corrected chi connectivity index (χ3v) is 6.19. The summed E-state index contributed by atoms with van der Waals surface area (Å²) in [6, 6.07) is 6.98. The lowest BCUT2D eigenvalue weighted by atomic mass is 10.1. The average Bonchev–Trinajstić information content (AvgIpc) is 3.10. The third-order valence-electron chi connectivity index (χ3n) is 4.34. The van der Waals surface area contributed by atoms with Gasteiger partial charge in [-0.2, -0.15) is 4.31 Å². The van der Waals surface area contributed by atoms with Crippen LogP contribution < -0.4 is 0 Å². The molecule has 0 bridgehead atoms. The zero-order valence-electron chi connectivity index (χ0n) is 12.7. The summed E-state index contributed by atoms with van der Waals surface area (Å²) < 4.78 is 27.0. The molecule has 0 spiro atoms. The molecule has 2 atom stereocenters. The molecule has 0 N–H and O–H groups in total. The fourth-order valence-corrected chi connectivity index (χ4v) is 3.97. The Morgan fingerprint density at radius 2 is 1.95 bits per heavy atom. The highest BCUT2D eigenvalue weighted by atomic mass is 32.2. The summed E-state index contributed by atoms with van der Waals surface area (Å²) >= 11 is 0. The van der Waals surface area contributed by atoms with E-state index in [2.05, 4.69) is 20.1 Å². The maximum atomic E-state index is 12.7. The topological polar surface area (TPSA) is 37.4 Å². The van der Waals surface area contributed by atoms with Crippen molar-refractivity contribution in [2.24, 2.45) is 11.3 Å². The van der Waals surface area contributed by atoms with Crippen LogP contribution in [0.4, 0.5) is 0 Å². The molecular formula is C17H23NO2S. The molecule has 1 fully saturated rings. The fraction of sp³-hybridized carbons (Fsp3) is 0.412. The molecule has 21 heavy (non-hydrogen) atoms. The minimum absolute atomic E-state index is 0.0716. The molecule has 1 aliphatic carbocycles. The Morgan fingerprint density at radius 3 is 2.43 bits per heavy atom. The molecule has 114 valence electrons. The summed E-state index contributed by atoms with van der Waals surface area (Å²) in [4.78, 5) is 0.343. The minimum atomic E-state index is -3.47. The summed E-state index contributed by atoms with van der Waals surface area (Å²) in [6.45, 7) is 12.4. The summed E-state index contributed by atoms with van der Waals surface area (Å²) in [6.07, 6.45) is 4.56. The van der Waals surface area contributed by atoms with E-state index in [4.69, 9.17) is 0 Å². The number of hydrogen-bond donors (Lipinski definition) is 0. The number of benzene rings is 1. The predicted octanol–water partition coefficient (Wildman–Crippen LogP) is 3.38. The molecule has 0 radical (unpaired) electrons. The van der Waals surface area contributed by atoms with Crippen molar-refractivity contribution in [2.45, 2.75) is 25.2 Å². The lowest BCUT2D eigenvalue weighted by molar-refractivity contribution is 0.406. The van der Waals surface area contributed by atoms with Gasteiger partial charge in [0.25, 0.3) is 0 Å². The first kappa shape index (κ1) is 16.0. The summed E-state index contributed by atoms with van der Waals surface area (Å²) in [5.74, 6) is 0.343. The van der Waals surface area contributed by atoms with Crippen LogP contribution in [0, 0.1) is 18.3 Å². The van der Waals surface area contributed by atoms with Crippen LogP contribution >= 0.6 is 0 Å². The fourth-order valence-electron chi connectivity index (χ4n) is 2.51. The van der Waals surface area contributed by atoms with Crippen molar-refractivity contribution < 1.29 is 8.42 Å².